The number of esters is 1. The van der Waals surface area contributed by atoms with Crippen LogP contribution in [0.1, 0.15) is 18.1 Å². The minimum absolute atomic E-state index is 0.0386. The number of nitrogens with zero attached hydrogens (tertiary/aromatic N) is 2. The van der Waals surface area contributed by atoms with E-state index in [1.54, 1.807) is 36.4 Å². The van der Waals surface area contributed by atoms with Crippen molar-refractivity contribution in [2.75, 3.05) is 5.75 Å². The fraction of sp³-hybridized carbons (Fsp3) is 0.167. The van der Waals surface area contributed by atoms with Gasteiger partial charge in [0.05, 0.1) is 16.9 Å². The minimum atomic E-state index is -0.452. The molecule has 0 spiro atoms. The van der Waals surface area contributed by atoms with Crippen LogP contribution >= 0.6 is 11.8 Å². The predicted molar refractivity (Wildman–Crippen MR) is 103 cm³/mol. The molecule has 0 aliphatic carbocycles. The second-order valence-corrected chi connectivity index (χ2v) is 6.36. The van der Waals surface area contributed by atoms with Gasteiger partial charge in [0.2, 0.25) is 5.91 Å². The molecule has 140 valence electrons. The van der Waals surface area contributed by atoms with Gasteiger partial charge in [-0.05, 0) is 35.4 Å². The summed E-state index contributed by atoms with van der Waals surface area (Å²) in [6, 6.07) is 12.9. The van der Waals surface area contributed by atoms with Crippen molar-refractivity contribution in [1.82, 2.24) is 5.43 Å². The smallest absolute Gasteiger partial charge is 0.308 e. The maximum Gasteiger partial charge on any atom is 0.308 e. The molecule has 1 N–H and O–H groups in total. The van der Waals surface area contributed by atoms with Crippen LogP contribution in [0.15, 0.2) is 53.6 Å². The summed E-state index contributed by atoms with van der Waals surface area (Å²) >= 11 is 1.38. The number of hydrogen-bond donors (Lipinski definition) is 1. The van der Waals surface area contributed by atoms with Crippen LogP contribution in [0.5, 0.6) is 5.75 Å². The van der Waals surface area contributed by atoms with E-state index in [2.05, 4.69) is 10.5 Å². The topological polar surface area (TPSA) is 111 Å². The van der Waals surface area contributed by atoms with E-state index in [0.717, 1.165) is 11.1 Å². The quantitative estimate of drug-likeness (QED) is 0.245. The number of nitro benzene ring substituents is 1. The lowest BCUT2D eigenvalue weighted by molar-refractivity contribution is -0.384. The second kappa shape index (κ2) is 10.1. The Morgan fingerprint density at radius 3 is 2.44 bits per heavy atom. The van der Waals surface area contributed by atoms with Gasteiger partial charge in [0, 0.05) is 24.8 Å². The van der Waals surface area contributed by atoms with Gasteiger partial charge in [0.25, 0.3) is 5.69 Å². The van der Waals surface area contributed by atoms with E-state index in [9.17, 15) is 19.7 Å². The molecule has 9 heteroatoms. The number of benzene rings is 2. The Morgan fingerprint density at radius 1 is 1.19 bits per heavy atom. The van der Waals surface area contributed by atoms with Crippen molar-refractivity contribution >= 4 is 35.5 Å². The van der Waals surface area contributed by atoms with Gasteiger partial charge in [0.1, 0.15) is 5.75 Å². The first-order valence-electron chi connectivity index (χ1n) is 7.85. The Bertz CT molecular complexity index is 835. The molecule has 0 radical (unpaired) electrons. The molecular formula is C18H17N3O5S. The largest absolute Gasteiger partial charge is 0.427 e. The number of non-ortho nitro benzene ring substituents is 1. The van der Waals surface area contributed by atoms with Gasteiger partial charge in [-0.15, -0.1) is 11.8 Å². The number of ether oxygens (including phenoxy) is 1. The van der Waals surface area contributed by atoms with E-state index < -0.39 is 10.9 Å². The molecular weight excluding hydrogens is 370 g/mol. The van der Waals surface area contributed by atoms with Crippen LogP contribution in [-0.4, -0.2) is 28.8 Å². The molecule has 0 aliphatic heterocycles. The molecule has 0 bridgehead atoms. The lowest BCUT2D eigenvalue weighted by Crippen LogP contribution is -2.19. The molecule has 0 unspecified atom stereocenters. The van der Waals surface area contributed by atoms with Crippen LogP contribution in [0.2, 0.25) is 0 Å². The van der Waals surface area contributed by atoms with Crippen LogP contribution in [0, 0.1) is 10.1 Å². The number of carbonyl (C=O) groups excluding carboxylic acids is 2. The summed E-state index contributed by atoms with van der Waals surface area (Å²) in [6.07, 6.45) is 1.48. The van der Waals surface area contributed by atoms with E-state index in [1.807, 2.05) is 0 Å². The normalized spacial score (nSPS) is 10.6. The third kappa shape index (κ3) is 7.28. The standard InChI is InChI=1S/C18H17N3O5S/c1-13(22)26-17-8-4-14(5-9-17)10-19-20-18(23)12-27-11-15-2-6-16(7-3-15)21(24)25/h2-10H,11-12H2,1H3,(H,20,23). The van der Waals surface area contributed by atoms with Crippen LogP contribution in [0.3, 0.4) is 0 Å². The number of thioether (sulfide) groups is 1. The predicted octanol–water partition coefficient (Wildman–Crippen LogP) is 2.90. The Balaban J connectivity index is 1.71. The molecule has 0 aromatic heterocycles. The zero-order chi connectivity index (χ0) is 19.6. The maximum absolute atomic E-state index is 11.7. The molecule has 0 aliphatic rings. The number of rotatable bonds is 8. The molecule has 1 amide bonds. The fourth-order valence-electron chi connectivity index (χ4n) is 1.97. The Morgan fingerprint density at radius 2 is 1.85 bits per heavy atom. The second-order valence-electron chi connectivity index (χ2n) is 5.37. The average Bonchev–Trinajstić information content (AvgIpc) is 2.63. The van der Waals surface area contributed by atoms with Crippen LogP contribution in [0.4, 0.5) is 5.69 Å². The Hall–Kier alpha value is -3.20. The molecule has 2 rings (SSSR count). The molecule has 2 aromatic rings. The SMILES string of the molecule is CC(=O)Oc1ccc(C=NNC(=O)CSCc2ccc([N+](=O)[O-])cc2)cc1. The molecule has 8 nitrogen and oxygen atoms in total. The third-order valence-electron chi connectivity index (χ3n) is 3.19. The summed E-state index contributed by atoms with van der Waals surface area (Å²) in [5.74, 6) is 0.558. The van der Waals surface area contributed by atoms with E-state index in [0.29, 0.717) is 11.5 Å². The van der Waals surface area contributed by atoms with Crippen LogP contribution < -0.4 is 10.2 Å². The van der Waals surface area contributed by atoms with Crippen molar-refractivity contribution in [2.24, 2.45) is 5.10 Å². The number of nitrogens with one attached hydrogen (secondary N) is 1. The first-order chi connectivity index (χ1) is 12.9. The summed E-state index contributed by atoms with van der Waals surface area (Å²) in [5.41, 5.74) is 4.10. The van der Waals surface area contributed by atoms with Gasteiger partial charge >= 0.3 is 5.97 Å². The van der Waals surface area contributed by atoms with Crippen molar-refractivity contribution in [1.29, 1.82) is 0 Å². The molecule has 0 atom stereocenters. The van der Waals surface area contributed by atoms with Crippen LogP contribution in [-0.2, 0) is 15.3 Å². The lowest BCUT2D eigenvalue weighted by atomic mass is 10.2. The highest BCUT2D eigenvalue weighted by atomic mass is 32.2. The van der Waals surface area contributed by atoms with Crippen molar-refractivity contribution in [3.8, 4) is 5.75 Å². The molecule has 2 aromatic carbocycles. The summed E-state index contributed by atoms with van der Waals surface area (Å²) < 4.78 is 4.92. The number of amides is 1. The third-order valence-corrected chi connectivity index (χ3v) is 4.20. The monoisotopic (exact) mass is 387 g/mol. The summed E-state index contributed by atoms with van der Waals surface area (Å²) in [5, 5.41) is 14.5. The summed E-state index contributed by atoms with van der Waals surface area (Å²) in [6.45, 7) is 1.32. The van der Waals surface area contributed by atoms with Crippen molar-refractivity contribution in [3.05, 3.63) is 69.8 Å². The van der Waals surface area contributed by atoms with Crippen molar-refractivity contribution < 1.29 is 19.2 Å². The molecule has 0 fully saturated rings. The van der Waals surface area contributed by atoms with Gasteiger partial charge < -0.3 is 4.74 Å². The van der Waals surface area contributed by atoms with Crippen molar-refractivity contribution in [2.45, 2.75) is 12.7 Å². The Kier molecular flexibility index (Phi) is 7.50. The molecule has 0 saturated heterocycles. The summed E-state index contributed by atoms with van der Waals surface area (Å²) in [7, 11) is 0. The molecule has 0 saturated carbocycles. The minimum Gasteiger partial charge on any atom is -0.427 e. The van der Waals surface area contributed by atoms with Gasteiger partial charge in [0.15, 0.2) is 0 Å². The average molecular weight is 387 g/mol. The van der Waals surface area contributed by atoms with E-state index >= 15 is 0 Å². The van der Waals surface area contributed by atoms with Gasteiger partial charge in [-0.25, -0.2) is 5.43 Å². The maximum atomic E-state index is 11.7. The fourth-order valence-corrected chi connectivity index (χ4v) is 2.75. The lowest BCUT2D eigenvalue weighted by Gasteiger charge is -2.02. The number of hydrazone groups is 1. The number of hydrogen-bond acceptors (Lipinski definition) is 7. The summed E-state index contributed by atoms with van der Waals surface area (Å²) in [4.78, 5) is 32.7. The van der Waals surface area contributed by atoms with E-state index in [1.165, 1.54) is 37.0 Å². The zero-order valence-corrected chi connectivity index (χ0v) is 15.3. The first-order valence-corrected chi connectivity index (χ1v) is 9.01. The first kappa shape index (κ1) is 20.1. The zero-order valence-electron chi connectivity index (χ0n) is 14.5. The number of carbonyl (C=O) groups is 2. The van der Waals surface area contributed by atoms with Crippen LogP contribution in [0.25, 0.3) is 0 Å². The van der Waals surface area contributed by atoms with Gasteiger partial charge in [-0.1, -0.05) is 12.1 Å². The van der Waals surface area contributed by atoms with Gasteiger partial charge in [-0.3, -0.25) is 19.7 Å². The van der Waals surface area contributed by atoms with Crippen molar-refractivity contribution in [3.63, 3.8) is 0 Å². The number of nitro groups is 1. The molecule has 0 heterocycles. The van der Waals surface area contributed by atoms with E-state index in [4.69, 9.17) is 4.74 Å². The highest BCUT2D eigenvalue weighted by Crippen LogP contribution is 2.16. The van der Waals surface area contributed by atoms with Gasteiger partial charge in [-0.2, -0.15) is 5.10 Å². The highest BCUT2D eigenvalue weighted by Gasteiger charge is 2.05. The molecule has 27 heavy (non-hydrogen) atoms. The highest BCUT2D eigenvalue weighted by molar-refractivity contribution is 7.99. The Labute approximate surface area is 159 Å². The van der Waals surface area contributed by atoms with E-state index in [-0.39, 0.29) is 17.3 Å².